The first-order valence-electron chi connectivity index (χ1n) is 7.71. The fourth-order valence-corrected chi connectivity index (χ4v) is 2.59. The Labute approximate surface area is 155 Å². The van der Waals surface area contributed by atoms with Gasteiger partial charge in [-0.2, -0.15) is 0 Å². The number of nitrogens with two attached hydrogens (primary N) is 1. The third-order valence-electron chi connectivity index (χ3n) is 3.81. The van der Waals surface area contributed by atoms with Crippen molar-refractivity contribution in [3.8, 4) is 0 Å². The van der Waals surface area contributed by atoms with Crippen molar-refractivity contribution in [3.63, 3.8) is 0 Å². The summed E-state index contributed by atoms with van der Waals surface area (Å²) in [6.07, 6.45) is 1.99. The monoisotopic (exact) mass is 376 g/mol. The predicted molar refractivity (Wildman–Crippen MR) is 99.6 cm³/mol. The molecule has 136 valence electrons. The summed E-state index contributed by atoms with van der Waals surface area (Å²) in [5.74, 6) is -0.493. The molecule has 0 atom stereocenters. The average molecular weight is 377 g/mol. The average Bonchev–Trinajstić information content (AvgIpc) is 2.56. The van der Waals surface area contributed by atoms with Crippen molar-refractivity contribution in [3.05, 3.63) is 35.4 Å². The van der Waals surface area contributed by atoms with Crippen LogP contribution in [0.25, 0.3) is 0 Å². The molecule has 0 fully saturated rings. The first-order valence-corrected chi connectivity index (χ1v) is 7.71. The molecule has 1 aromatic rings. The van der Waals surface area contributed by atoms with Crippen LogP contribution in [0.3, 0.4) is 0 Å². The summed E-state index contributed by atoms with van der Waals surface area (Å²) in [5, 5.41) is 5.25. The van der Waals surface area contributed by atoms with Crippen LogP contribution in [0.1, 0.15) is 17.5 Å². The summed E-state index contributed by atoms with van der Waals surface area (Å²) >= 11 is 0. The van der Waals surface area contributed by atoms with Crippen LogP contribution < -0.4 is 16.4 Å². The van der Waals surface area contributed by atoms with Crippen LogP contribution >= 0.6 is 24.8 Å². The van der Waals surface area contributed by atoms with E-state index in [1.165, 1.54) is 11.1 Å². The maximum atomic E-state index is 11.5. The number of carbonyl (C=O) groups excluding carboxylic acids is 2. The van der Waals surface area contributed by atoms with Crippen molar-refractivity contribution in [2.45, 2.75) is 19.4 Å². The zero-order chi connectivity index (χ0) is 15.8. The van der Waals surface area contributed by atoms with E-state index in [1.54, 1.807) is 0 Å². The second kappa shape index (κ2) is 12.1. The summed E-state index contributed by atoms with van der Waals surface area (Å²) < 4.78 is 0. The maximum absolute atomic E-state index is 11.5. The molecule has 2 amide bonds. The fraction of sp³-hybridized carbons (Fsp3) is 0.500. The number of hydrogen-bond acceptors (Lipinski definition) is 4. The Kier molecular flexibility index (Phi) is 11.4. The lowest BCUT2D eigenvalue weighted by molar-refractivity contribution is -0.125. The zero-order valence-electron chi connectivity index (χ0n) is 13.6. The summed E-state index contributed by atoms with van der Waals surface area (Å²) in [6, 6.07) is 8.55. The predicted octanol–water partition coefficient (Wildman–Crippen LogP) is 0.470. The molecule has 6 nitrogen and oxygen atoms in total. The molecule has 0 unspecified atom stereocenters. The topological polar surface area (TPSA) is 87.5 Å². The minimum atomic E-state index is -0.317. The van der Waals surface area contributed by atoms with Gasteiger partial charge in [-0.05, 0) is 24.0 Å². The highest BCUT2D eigenvalue weighted by Crippen LogP contribution is 2.18. The lowest BCUT2D eigenvalue weighted by Gasteiger charge is -2.28. The van der Waals surface area contributed by atoms with Gasteiger partial charge < -0.3 is 16.4 Å². The molecule has 1 aromatic carbocycles. The van der Waals surface area contributed by atoms with Crippen LogP contribution in [0.15, 0.2) is 24.3 Å². The Hall–Kier alpha value is -1.34. The molecule has 2 rings (SSSR count). The lowest BCUT2D eigenvalue weighted by atomic mass is 10.00. The summed E-state index contributed by atoms with van der Waals surface area (Å²) in [4.78, 5) is 24.8. The van der Waals surface area contributed by atoms with Gasteiger partial charge in [0.05, 0.1) is 13.1 Å². The molecule has 0 spiro atoms. The second-order valence-corrected chi connectivity index (χ2v) is 5.48. The van der Waals surface area contributed by atoms with E-state index in [2.05, 4.69) is 39.8 Å². The highest BCUT2D eigenvalue weighted by Gasteiger charge is 2.14. The Morgan fingerprint density at radius 2 is 1.79 bits per heavy atom. The number of amides is 2. The molecule has 24 heavy (non-hydrogen) atoms. The van der Waals surface area contributed by atoms with E-state index in [0.29, 0.717) is 6.54 Å². The Bertz CT molecular complexity index is 529. The molecule has 0 saturated heterocycles. The number of carbonyl (C=O) groups is 2. The van der Waals surface area contributed by atoms with E-state index in [1.807, 2.05) is 0 Å². The largest absolute Gasteiger partial charge is 0.355 e. The molecule has 1 aliphatic rings. The van der Waals surface area contributed by atoms with Gasteiger partial charge >= 0.3 is 0 Å². The van der Waals surface area contributed by atoms with Crippen molar-refractivity contribution in [1.82, 2.24) is 15.5 Å². The van der Waals surface area contributed by atoms with Crippen molar-refractivity contribution < 1.29 is 9.59 Å². The minimum absolute atomic E-state index is 0. The Morgan fingerprint density at radius 3 is 2.50 bits per heavy atom. The summed E-state index contributed by atoms with van der Waals surface area (Å²) in [6.45, 7) is 3.53. The number of halogens is 2. The lowest BCUT2D eigenvalue weighted by Crippen LogP contribution is -2.40. The molecular weight excluding hydrogens is 351 g/mol. The van der Waals surface area contributed by atoms with Gasteiger partial charge in [-0.3, -0.25) is 14.5 Å². The van der Waals surface area contributed by atoms with Crippen LogP contribution in [0.4, 0.5) is 0 Å². The van der Waals surface area contributed by atoms with E-state index in [4.69, 9.17) is 5.73 Å². The first kappa shape index (κ1) is 22.7. The third-order valence-corrected chi connectivity index (χ3v) is 3.81. The molecular formula is C16H26Cl2N4O2. The van der Waals surface area contributed by atoms with Gasteiger partial charge in [0.2, 0.25) is 11.8 Å². The van der Waals surface area contributed by atoms with Crippen molar-refractivity contribution in [2.24, 2.45) is 5.73 Å². The molecule has 0 aliphatic carbocycles. The molecule has 0 aromatic heterocycles. The summed E-state index contributed by atoms with van der Waals surface area (Å²) in [5.41, 5.74) is 8.00. The van der Waals surface area contributed by atoms with Gasteiger partial charge in [-0.15, -0.1) is 24.8 Å². The molecule has 4 N–H and O–H groups in total. The number of hydrogen-bond donors (Lipinski definition) is 3. The summed E-state index contributed by atoms with van der Waals surface area (Å²) in [7, 11) is 0. The van der Waals surface area contributed by atoms with Gasteiger partial charge in [-0.25, -0.2) is 0 Å². The van der Waals surface area contributed by atoms with Gasteiger partial charge in [-0.1, -0.05) is 24.3 Å². The number of rotatable bonds is 7. The standard InChI is InChI=1S/C16H24N4O2.2ClH/c17-10-15(21)19-11-16(22)18-7-3-8-20-9-6-13-4-1-2-5-14(13)12-20;;/h1-2,4-5H,3,6-12,17H2,(H,18,22)(H,19,21);2*1H. The van der Waals surface area contributed by atoms with E-state index in [0.717, 1.165) is 32.5 Å². The molecule has 1 heterocycles. The first-order chi connectivity index (χ1) is 10.7. The minimum Gasteiger partial charge on any atom is -0.355 e. The smallest absolute Gasteiger partial charge is 0.239 e. The van der Waals surface area contributed by atoms with Crippen LogP contribution in [0, 0.1) is 0 Å². The van der Waals surface area contributed by atoms with Crippen LogP contribution in [0.5, 0.6) is 0 Å². The van der Waals surface area contributed by atoms with Gasteiger partial charge in [0, 0.05) is 26.2 Å². The van der Waals surface area contributed by atoms with Gasteiger partial charge in [0.15, 0.2) is 0 Å². The number of nitrogens with one attached hydrogen (secondary N) is 2. The number of fused-ring (bicyclic) bond motifs is 1. The van der Waals surface area contributed by atoms with E-state index < -0.39 is 0 Å². The molecule has 0 saturated carbocycles. The van der Waals surface area contributed by atoms with Crippen LogP contribution in [0.2, 0.25) is 0 Å². The number of benzene rings is 1. The van der Waals surface area contributed by atoms with Gasteiger partial charge in [0.25, 0.3) is 0 Å². The normalized spacial score (nSPS) is 13.0. The Morgan fingerprint density at radius 1 is 1.08 bits per heavy atom. The highest BCUT2D eigenvalue weighted by atomic mass is 35.5. The SMILES string of the molecule is Cl.Cl.NCC(=O)NCC(=O)NCCCN1CCc2ccccc2C1. The fourth-order valence-electron chi connectivity index (χ4n) is 2.59. The van der Waals surface area contributed by atoms with E-state index in [9.17, 15) is 9.59 Å². The van der Waals surface area contributed by atoms with Gasteiger partial charge in [0.1, 0.15) is 0 Å². The van der Waals surface area contributed by atoms with Crippen molar-refractivity contribution in [1.29, 1.82) is 0 Å². The molecule has 8 heteroatoms. The maximum Gasteiger partial charge on any atom is 0.239 e. The third kappa shape index (κ3) is 7.49. The molecule has 1 aliphatic heterocycles. The second-order valence-electron chi connectivity index (χ2n) is 5.48. The van der Waals surface area contributed by atoms with Crippen LogP contribution in [-0.4, -0.2) is 49.4 Å². The van der Waals surface area contributed by atoms with Crippen LogP contribution in [-0.2, 0) is 22.6 Å². The quantitative estimate of drug-likeness (QED) is 0.603. The Balaban J connectivity index is 0.00000264. The molecule has 0 bridgehead atoms. The molecule has 0 radical (unpaired) electrons. The number of nitrogens with zero attached hydrogens (tertiary/aromatic N) is 1. The highest BCUT2D eigenvalue weighted by molar-refractivity contribution is 5.86. The van der Waals surface area contributed by atoms with Crippen molar-refractivity contribution in [2.75, 3.05) is 32.7 Å². The van der Waals surface area contributed by atoms with Crippen molar-refractivity contribution >= 4 is 36.6 Å². The zero-order valence-corrected chi connectivity index (χ0v) is 15.3. The van der Waals surface area contributed by atoms with E-state index in [-0.39, 0.29) is 49.7 Å². The van der Waals surface area contributed by atoms with E-state index >= 15 is 0 Å².